The summed E-state index contributed by atoms with van der Waals surface area (Å²) in [7, 11) is 0. The fraction of sp³-hybridized carbons (Fsp3) is 0.533. The van der Waals surface area contributed by atoms with Gasteiger partial charge in [0.05, 0.1) is 6.54 Å². The second-order valence-corrected chi connectivity index (χ2v) is 5.77. The summed E-state index contributed by atoms with van der Waals surface area (Å²) in [6.45, 7) is 3.76. The summed E-state index contributed by atoms with van der Waals surface area (Å²) >= 11 is 6.19. The minimum Gasteiger partial charge on any atom is -0.480 e. The van der Waals surface area contributed by atoms with Crippen LogP contribution in [0.15, 0.2) is 24.3 Å². The number of nitrogens with zero attached hydrogens (tertiary/aromatic N) is 1. The first-order valence-electron chi connectivity index (χ1n) is 7.03. The van der Waals surface area contributed by atoms with Crippen molar-refractivity contribution in [1.82, 2.24) is 10.2 Å². The van der Waals surface area contributed by atoms with E-state index in [0.29, 0.717) is 5.92 Å². The third-order valence-electron chi connectivity index (χ3n) is 3.66. The molecule has 0 aromatic heterocycles. The van der Waals surface area contributed by atoms with E-state index in [4.69, 9.17) is 16.7 Å². The van der Waals surface area contributed by atoms with Crippen LogP contribution in [0.4, 0.5) is 0 Å². The van der Waals surface area contributed by atoms with Crippen LogP contribution in [0, 0.1) is 5.92 Å². The van der Waals surface area contributed by atoms with Crippen LogP contribution >= 0.6 is 11.6 Å². The minimum atomic E-state index is -0.797. The predicted octanol–water partition coefficient (Wildman–Crippen LogP) is 2.23. The molecule has 0 bridgehead atoms. The monoisotopic (exact) mass is 296 g/mol. The molecular weight excluding hydrogens is 276 g/mol. The number of rotatable bonds is 6. The van der Waals surface area contributed by atoms with Crippen molar-refractivity contribution in [1.29, 1.82) is 0 Å². The smallest absolute Gasteiger partial charge is 0.317 e. The van der Waals surface area contributed by atoms with Gasteiger partial charge in [-0.3, -0.25) is 9.69 Å². The molecule has 1 fully saturated rings. The average molecular weight is 297 g/mol. The van der Waals surface area contributed by atoms with E-state index in [9.17, 15) is 4.79 Å². The zero-order valence-electron chi connectivity index (χ0n) is 11.5. The number of likely N-dealkylation sites (tertiary alicyclic amines) is 1. The van der Waals surface area contributed by atoms with Gasteiger partial charge < -0.3 is 10.4 Å². The highest BCUT2D eigenvalue weighted by Gasteiger charge is 2.20. The lowest BCUT2D eigenvalue weighted by molar-refractivity contribution is -0.136. The molecule has 1 aromatic rings. The highest BCUT2D eigenvalue weighted by Crippen LogP contribution is 2.21. The highest BCUT2D eigenvalue weighted by molar-refractivity contribution is 6.31. The van der Waals surface area contributed by atoms with Crippen molar-refractivity contribution in [3.05, 3.63) is 34.9 Å². The van der Waals surface area contributed by atoms with Crippen molar-refractivity contribution in [3.63, 3.8) is 0 Å². The van der Waals surface area contributed by atoms with Gasteiger partial charge in [0.15, 0.2) is 0 Å². The van der Waals surface area contributed by atoms with Gasteiger partial charge in [-0.1, -0.05) is 29.8 Å². The van der Waals surface area contributed by atoms with Gasteiger partial charge >= 0.3 is 5.97 Å². The number of nitrogens with one attached hydrogen (secondary N) is 1. The van der Waals surface area contributed by atoms with Gasteiger partial charge in [0.1, 0.15) is 0 Å². The largest absolute Gasteiger partial charge is 0.480 e. The molecule has 2 rings (SSSR count). The Morgan fingerprint density at radius 2 is 2.25 bits per heavy atom. The summed E-state index contributed by atoms with van der Waals surface area (Å²) < 4.78 is 0. The molecule has 110 valence electrons. The van der Waals surface area contributed by atoms with Crippen LogP contribution in [0.2, 0.25) is 5.02 Å². The third-order valence-corrected chi connectivity index (χ3v) is 4.03. The minimum absolute atomic E-state index is 0.0427. The molecule has 1 atom stereocenters. The van der Waals surface area contributed by atoms with Crippen LogP contribution in [0.25, 0.3) is 0 Å². The summed E-state index contributed by atoms with van der Waals surface area (Å²) in [4.78, 5) is 12.9. The first kappa shape index (κ1) is 15.3. The summed E-state index contributed by atoms with van der Waals surface area (Å²) in [5.74, 6) is -0.278. The van der Waals surface area contributed by atoms with Crippen molar-refractivity contribution >= 4 is 17.6 Å². The number of benzene rings is 1. The van der Waals surface area contributed by atoms with Crippen molar-refractivity contribution < 1.29 is 9.90 Å². The SMILES string of the molecule is O=C(O)CNCC1CCCN(Cc2ccccc2Cl)C1. The molecule has 20 heavy (non-hydrogen) atoms. The maximum atomic E-state index is 10.5. The number of halogens is 1. The summed E-state index contributed by atoms with van der Waals surface area (Å²) in [5, 5.41) is 12.4. The zero-order valence-corrected chi connectivity index (χ0v) is 12.3. The second-order valence-electron chi connectivity index (χ2n) is 5.36. The summed E-state index contributed by atoms with van der Waals surface area (Å²) in [6.07, 6.45) is 2.31. The average Bonchev–Trinajstić information content (AvgIpc) is 2.41. The van der Waals surface area contributed by atoms with Gasteiger partial charge in [0, 0.05) is 18.1 Å². The Labute approximate surface area is 124 Å². The number of carboxylic acids is 1. The molecule has 4 nitrogen and oxygen atoms in total. The van der Waals surface area contributed by atoms with Gasteiger partial charge in [-0.2, -0.15) is 0 Å². The number of carbonyl (C=O) groups is 1. The van der Waals surface area contributed by atoms with E-state index < -0.39 is 5.97 Å². The third kappa shape index (κ3) is 4.78. The lowest BCUT2D eigenvalue weighted by Crippen LogP contribution is -2.40. The fourth-order valence-corrected chi connectivity index (χ4v) is 2.91. The number of piperidine rings is 1. The zero-order chi connectivity index (χ0) is 14.4. The second kappa shape index (κ2) is 7.62. The molecule has 1 unspecified atom stereocenters. The molecule has 5 heteroatoms. The molecule has 0 spiro atoms. The van der Waals surface area contributed by atoms with Gasteiger partial charge in [0.25, 0.3) is 0 Å². The normalized spacial score (nSPS) is 19.9. The Morgan fingerprint density at radius 3 is 3.00 bits per heavy atom. The Bertz CT molecular complexity index is 453. The van der Waals surface area contributed by atoms with Gasteiger partial charge in [-0.05, 0) is 43.5 Å². The van der Waals surface area contributed by atoms with E-state index in [1.165, 1.54) is 0 Å². The molecule has 0 aliphatic carbocycles. The first-order chi connectivity index (χ1) is 9.65. The number of carboxylic acid groups (broad SMARTS) is 1. The van der Waals surface area contributed by atoms with Gasteiger partial charge in [0.2, 0.25) is 0 Å². The quantitative estimate of drug-likeness (QED) is 0.845. The molecule has 0 radical (unpaired) electrons. The maximum absolute atomic E-state index is 10.5. The molecule has 1 aromatic carbocycles. The number of hydrogen-bond acceptors (Lipinski definition) is 3. The Morgan fingerprint density at radius 1 is 1.45 bits per heavy atom. The molecule has 1 aliphatic rings. The van der Waals surface area contributed by atoms with E-state index >= 15 is 0 Å². The first-order valence-corrected chi connectivity index (χ1v) is 7.41. The molecule has 1 saturated heterocycles. The van der Waals surface area contributed by atoms with Crippen molar-refractivity contribution in [2.24, 2.45) is 5.92 Å². The van der Waals surface area contributed by atoms with E-state index in [-0.39, 0.29) is 6.54 Å². The van der Waals surface area contributed by atoms with E-state index in [1.807, 2.05) is 18.2 Å². The molecule has 0 saturated carbocycles. The highest BCUT2D eigenvalue weighted by atomic mass is 35.5. The molecule has 0 amide bonds. The van der Waals surface area contributed by atoms with Crippen molar-refractivity contribution in [2.45, 2.75) is 19.4 Å². The van der Waals surface area contributed by atoms with Crippen LogP contribution < -0.4 is 5.32 Å². The number of hydrogen-bond donors (Lipinski definition) is 2. The van der Waals surface area contributed by atoms with Crippen LogP contribution in [-0.4, -0.2) is 42.2 Å². The fourth-order valence-electron chi connectivity index (χ4n) is 2.71. The van der Waals surface area contributed by atoms with Crippen molar-refractivity contribution in [3.8, 4) is 0 Å². The van der Waals surface area contributed by atoms with E-state index in [1.54, 1.807) is 0 Å². The van der Waals surface area contributed by atoms with E-state index in [2.05, 4.69) is 16.3 Å². The lowest BCUT2D eigenvalue weighted by atomic mass is 9.97. The Kier molecular flexibility index (Phi) is 5.83. The molecule has 1 aliphatic heterocycles. The predicted molar refractivity (Wildman–Crippen MR) is 80.0 cm³/mol. The molecule has 1 heterocycles. The molecule has 2 N–H and O–H groups in total. The van der Waals surface area contributed by atoms with Crippen LogP contribution in [0.5, 0.6) is 0 Å². The van der Waals surface area contributed by atoms with Gasteiger partial charge in [-0.25, -0.2) is 0 Å². The summed E-state index contributed by atoms with van der Waals surface area (Å²) in [6, 6.07) is 7.94. The molecular formula is C15H21ClN2O2. The summed E-state index contributed by atoms with van der Waals surface area (Å²) in [5.41, 5.74) is 1.16. The van der Waals surface area contributed by atoms with Gasteiger partial charge in [-0.15, -0.1) is 0 Å². The standard InChI is InChI=1S/C15H21ClN2O2/c16-14-6-2-1-5-13(14)11-18-7-3-4-12(10-18)8-17-9-15(19)20/h1-2,5-6,12,17H,3-4,7-11H2,(H,19,20). The van der Waals surface area contributed by atoms with Crippen LogP contribution in [-0.2, 0) is 11.3 Å². The number of aliphatic carboxylic acids is 1. The van der Waals surface area contributed by atoms with Crippen LogP contribution in [0.3, 0.4) is 0 Å². The lowest BCUT2D eigenvalue weighted by Gasteiger charge is -2.33. The Hall–Kier alpha value is -1.10. The topological polar surface area (TPSA) is 52.6 Å². The van der Waals surface area contributed by atoms with Crippen LogP contribution in [0.1, 0.15) is 18.4 Å². The van der Waals surface area contributed by atoms with E-state index in [0.717, 1.165) is 49.6 Å². The Balaban J connectivity index is 1.81. The van der Waals surface area contributed by atoms with Crippen molar-refractivity contribution in [2.75, 3.05) is 26.2 Å². The maximum Gasteiger partial charge on any atom is 0.317 e.